The second kappa shape index (κ2) is 7.12. The van der Waals surface area contributed by atoms with E-state index in [9.17, 15) is 0 Å². The molecule has 0 bridgehead atoms. The number of rotatable bonds is 5. The predicted octanol–water partition coefficient (Wildman–Crippen LogP) is 2.35. The van der Waals surface area contributed by atoms with Crippen molar-refractivity contribution in [1.29, 1.82) is 0 Å². The van der Waals surface area contributed by atoms with Gasteiger partial charge in [-0.1, -0.05) is 12.8 Å². The standard InChI is InChI=1S/C19H31N7/c1-12-15(13(2)24-23-12)9-10-25(3)18-16-11-20-26(4)19(16)22-17(21-18)14-7-5-6-8-14/h11-15,23-24H,5-10H2,1-4H3. The van der Waals surface area contributed by atoms with E-state index < -0.39 is 0 Å². The first-order valence-electron chi connectivity index (χ1n) is 9.96. The number of hydrogen-bond donors (Lipinski definition) is 2. The number of hydrogen-bond acceptors (Lipinski definition) is 6. The molecule has 2 unspecified atom stereocenters. The van der Waals surface area contributed by atoms with Crippen molar-refractivity contribution < 1.29 is 0 Å². The summed E-state index contributed by atoms with van der Waals surface area (Å²) < 4.78 is 1.88. The molecule has 26 heavy (non-hydrogen) atoms. The summed E-state index contributed by atoms with van der Waals surface area (Å²) in [4.78, 5) is 12.2. The molecule has 1 saturated carbocycles. The second-order valence-corrected chi connectivity index (χ2v) is 8.13. The van der Waals surface area contributed by atoms with Crippen LogP contribution in [0.25, 0.3) is 11.0 Å². The minimum atomic E-state index is 0.497. The SMILES string of the molecule is CC1NNC(C)C1CCN(C)c1nc(C2CCCC2)nc2c1cnn2C. The van der Waals surface area contributed by atoms with Gasteiger partial charge in [-0.2, -0.15) is 5.10 Å². The normalized spacial score (nSPS) is 26.8. The van der Waals surface area contributed by atoms with Gasteiger partial charge in [0, 0.05) is 38.6 Å². The lowest BCUT2D eigenvalue weighted by atomic mass is 9.93. The number of hydrazine groups is 1. The van der Waals surface area contributed by atoms with Crippen LogP contribution in [0.3, 0.4) is 0 Å². The molecule has 0 aromatic carbocycles. The van der Waals surface area contributed by atoms with Gasteiger partial charge in [-0.15, -0.1) is 0 Å². The maximum absolute atomic E-state index is 5.01. The summed E-state index contributed by atoms with van der Waals surface area (Å²) >= 11 is 0. The maximum Gasteiger partial charge on any atom is 0.163 e. The molecule has 0 radical (unpaired) electrons. The molecule has 7 heteroatoms. The zero-order valence-electron chi connectivity index (χ0n) is 16.4. The Morgan fingerprint density at radius 1 is 1.15 bits per heavy atom. The van der Waals surface area contributed by atoms with Gasteiger partial charge in [-0.25, -0.2) is 9.97 Å². The van der Waals surface area contributed by atoms with Crippen LogP contribution < -0.4 is 15.8 Å². The number of aryl methyl sites for hydroxylation is 1. The summed E-state index contributed by atoms with van der Waals surface area (Å²) in [5.41, 5.74) is 7.66. The molecule has 3 heterocycles. The van der Waals surface area contributed by atoms with Crippen LogP contribution in [0.15, 0.2) is 6.20 Å². The lowest BCUT2D eigenvalue weighted by molar-refractivity contribution is 0.416. The van der Waals surface area contributed by atoms with E-state index in [-0.39, 0.29) is 0 Å². The van der Waals surface area contributed by atoms with Gasteiger partial charge >= 0.3 is 0 Å². The van der Waals surface area contributed by atoms with Crippen molar-refractivity contribution in [1.82, 2.24) is 30.6 Å². The third-order valence-electron chi connectivity index (χ3n) is 6.29. The smallest absolute Gasteiger partial charge is 0.163 e. The molecule has 0 spiro atoms. The molecule has 2 aromatic heterocycles. The van der Waals surface area contributed by atoms with Crippen LogP contribution in [0.1, 0.15) is 57.7 Å². The maximum atomic E-state index is 5.01. The Balaban J connectivity index is 1.59. The Morgan fingerprint density at radius 2 is 1.85 bits per heavy atom. The molecule has 2 aliphatic rings. The van der Waals surface area contributed by atoms with Crippen molar-refractivity contribution in [2.75, 3.05) is 18.5 Å². The van der Waals surface area contributed by atoms with Crippen LogP contribution in [-0.2, 0) is 7.05 Å². The third-order valence-corrected chi connectivity index (χ3v) is 6.29. The highest BCUT2D eigenvalue weighted by Crippen LogP contribution is 2.34. The molecule has 1 aliphatic heterocycles. The summed E-state index contributed by atoms with van der Waals surface area (Å²) in [6.07, 6.45) is 8.04. The molecule has 7 nitrogen and oxygen atoms in total. The summed E-state index contributed by atoms with van der Waals surface area (Å²) in [6.45, 7) is 5.49. The molecule has 4 rings (SSSR count). The van der Waals surface area contributed by atoms with Crippen LogP contribution in [0.5, 0.6) is 0 Å². The van der Waals surface area contributed by atoms with Gasteiger partial charge in [0.05, 0.1) is 11.6 Å². The van der Waals surface area contributed by atoms with Crippen molar-refractivity contribution in [3.05, 3.63) is 12.0 Å². The van der Waals surface area contributed by atoms with Gasteiger partial charge in [-0.3, -0.25) is 15.5 Å². The zero-order valence-corrected chi connectivity index (χ0v) is 16.4. The Bertz CT molecular complexity index is 755. The van der Waals surface area contributed by atoms with Crippen molar-refractivity contribution in [2.24, 2.45) is 13.0 Å². The zero-order chi connectivity index (χ0) is 18.3. The summed E-state index contributed by atoms with van der Waals surface area (Å²) in [6, 6.07) is 0.993. The van der Waals surface area contributed by atoms with Crippen molar-refractivity contribution >= 4 is 16.9 Å². The van der Waals surface area contributed by atoms with Crippen molar-refractivity contribution in [3.63, 3.8) is 0 Å². The number of aromatic nitrogens is 4. The van der Waals surface area contributed by atoms with Crippen LogP contribution in [0.2, 0.25) is 0 Å². The molecule has 142 valence electrons. The average Bonchev–Trinajstić information content (AvgIpc) is 3.35. The monoisotopic (exact) mass is 357 g/mol. The Labute approximate surface area is 155 Å². The topological polar surface area (TPSA) is 70.9 Å². The minimum absolute atomic E-state index is 0.497. The first kappa shape index (κ1) is 17.7. The third kappa shape index (κ3) is 3.18. The minimum Gasteiger partial charge on any atom is -0.359 e. The van der Waals surface area contributed by atoms with E-state index in [1.165, 1.54) is 25.7 Å². The van der Waals surface area contributed by atoms with Gasteiger partial charge in [0.2, 0.25) is 0 Å². The number of anilines is 1. The van der Waals surface area contributed by atoms with Crippen LogP contribution in [-0.4, -0.2) is 45.4 Å². The Hall–Kier alpha value is -1.73. The molecule has 2 N–H and O–H groups in total. The van der Waals surface area contributed by atoms with Crippen LogP contribution >= 0.6 is 0 Å². The van der Waals surface area contributed by atoms with E-state index in [1.54, 1.807) is 0 Å². The second-order valence-electron chi connectivity index (χ2n) is 8.13. The highest BCUT2D eigenvalue weighted by atomic mass is 15.4. The fourth-order valence-corrected chi connectivity index (χ4v) is 4.54. The van der Waals surface area contributed by atoms with Crippen molar-refractivity contribution in [3.8, 4) is 0 Å². The predicted molar refractivity (Wildman–Crippen MR) is 104 cm³/mol. The fourth-order valence-electron chi connectivity index (χ4n) is 4.54. The molecular formula is C19H31N7. The van der Waals surface area contributed by atoms with E-state index in [4.69, 9.17) is 9.97 Å². The lowest BCUT2D eigenvalue weighted by Crippen LogP contribution is -2.30. The Morgan fingerprint density at radius 3 is 2.54 bits per heavy atom. The van der Waals surface area contributed by atoms with Crippen molar-refractivity contribution in [2.45, 2.75) is 64.0 Å². The molecule has 2 atom stereocenters. The van der Waals surface area contributed by atoms with Crippen LogP contribution in [0.4, 0.5) is 5.82 Å². The van der Waals surface area contributed by atoms with Gasteiger partial charge in [-0.05, 0) is 39.0 Å². The average molecular weight is 358 g/mol. The molecule has 1 saturated heterocycles. The summed E-state index contributed by atoms with van der Waals surface area (Å²) in [5, 5.41) is 5.49. The van der Waals surface area contributed by atoms with E-state index in [2.05, 4.69) is 41.7 Å². The quantitative estimate of drug-likeness (QED) is 0.856. The molecule has 0 amide bonds. The van der Waals surface area contributed by atoms with Gasteiger partial charge in [0.25, 0.3) is 0 Å². The molecule has 2 fully saturated rings. The van der Waals surface area contributed by atoms with Gasteiger partial charge in [0.1, 0.15) is 11.6 Å². The van der Waals surface area contributed by atoms with Gasteiger partial charge in [0.15, 0.2) is 5.65 Å². The van der Waals surface area contributed by atoms with E-state index in [0.29, 0.717) is 23.9 Å². The first-order valence-corrected chi connectivity index (χ1v) is 9.96. The van der Waals surface area contributed by atoms with Gasteiger partial charge < -0.3 is 4.90 Å². The van der Waals surface area contributed by atoms with E-state index in [0.717, 1.165) is 35.6 Å². The van der Waals surface area contributed by atoms with Crippen LogP contribution in [0, 0.1) is 5.92 Å². The molecular weight excluding hydrogens is 326 g/mol. The fraction of sp³-hybridized carbons (Fsp3) is 0.737. The number of fused-ring (bicyclic) bond motifs is 1. The first-order chi connectivity index (χ1) is 12.5. The summed E-state index contributed by atoms with van der Waals surface area (Å²) in [7, 11) is 4.12. The highest BCUT2D eigenvalue weighted by Gasteiger charge is 2.30. The molecule has 2 aromatic rings. The lowest BCUT2D eigenvalue weighted by Gasteiger charge is -2.24. The highest BCUT2D eigenvalue weighted by molar-refractivity contribution is 5.86. The Kier molecular flexibility index (Phi) is 4.84. The van der Waals surface area contributed by atoms with E-state index >= 15 is 0 Å². The number of nitrogens with one attached hydrogen (secondary N) is 2. The number of nitrogens with zero attached hydrogens (tertiary/aromatic N) is 5. The molecule has 1 aliphatic carbocycles. The largest absolute Gasteiger partial charge is 0.359 e. The van der Waals surface area contributed by atoms with E-state index in [1.807, 2.05) is 17.9 Å². The summed E-state index contributed by atoms with van der Waals surface area (Å²) in [5.74, 6) is 3.17.